The molecular formula is C27H36N4O2. The van der Waals surface area contributed by atoms with Crippen LogP contribution in [0.3, 0.4) is 0 Å². The molecule has 2 aromatic carbocycles. The number of hydrogen-bond acceptors (Lipinski definition) is 3. The first kappa shape index (κ1) is 23.3. The maximum atomic E-state index is 12.7. The van der Waals surface area contributed by atoms with Crippen LogP contribution in [0, 0.1) is 13.8 Å². The molecule has 0 spiro atoms. The number of hydrogen-bond donors (Lipinski definition) is 1. The van der Waals surface area contributed by atoms with Gasteiger partial charge in [-0.25, -0.2) is 0 Å². The molecule has 6 heteroatoms. The average Bonchev–Trinajstić information content (AvgIpc) is 3.25. The van der Waals surface area contributed by atoms with E-state index in [1.54, 1.807) is 0 Å². The molecule has 2 aliphatic rings. The number of aryl methyl sites for hydroxylation is 2. The topological polar surface area (TPSA) is 57.2 Å². The van der Waals surface area contributed by atoms with E-state index >= 15 is 0 Å². The van der Waals surface area contributed by atoms with E-state index in [0.717, 1.165) is 45.1 Å². The monoisotopic (exact) mass is 448 g/mol. The molecule has 0 bridgehead atoms. The van der Waals surface area contributed by atoms with Crippen LogP contribution in [0.15, 0.2) is 47.5 Å². The minimum absolute atomic E-state index is 0.0431. The van der Waals surface area contributed by atoms with Crippen LogP contribution in [-0.2, 0) is 22.6 Å². The highest BCUT2D eigenvalue weighted by Gasteiger charge is 2.25. The predicted octanol–water partition coefficient (Wildman–Crippen LogP) is 3.96. The van der Waals surface area contributed by atoms with E-state index in [9.17, 15) is 4.79 Å². The Balaban J connectivity index is 1.31. The molecule has 176 valence electrons. The number of nitrogens with one attached hydrogen (secondary N) is 1. The molecule has 0 saturated carbocycles. The van der Waals surface area contributed by atoms with Crippen molar-refractivity contribution in [2.24, 2.45) is 4.99 Å². The number of ether oxygens (including phenoxy) is 1. The molecule has 0 aromatic heterocycles. The van der Waals surface area contributed by atoms with Gasteiger partial charge < -0.3 is 19.9 Å². The molecule has 2 aliphatic heterocycles. The van der Waals surface area contributed by atoms with E-state index in [4.69, 9.17) is 9.73 Å². The maximum Gasteiger partial charge on any atom is 0.223 e. The Morgan fingerprint density at radius 1 is 1.12 bits per heavy atom. The van der Waals surface area contributed by atoms with E-state index < -0.39 is 0 Å². The van der Waals surface area contributed by atoms with Crippen molar-refractivity contribution in [3.05, 3.63) is 70.3 Å². The van der Waals surface area contributed by atoms with Gasteiger partial charge in [-0.1, -0.05) is 48.0 Å². The fourth-order valence-electron chi connectivity index (χ4n) is 4.73. The third kappa shape index (κ3) is 5.74. The van der Waals surface area contributed by atoms with Crippen molar-refractivity contribution in [3.63, 3.8) is 0 Å². The number of carbonyl (C=O) groups is 1. The van der Waals surface area contributed by atoms with Crippen molar-refractivity contribution in [1.29, 1.82) is 0 Å². The first-order valence-corrected chi connectivity index (χ1v) is 12.1. The molecule has 1 N–H and O–H groups in total. The van der Waals surface area contributed by atoms with E-state index in [1.165, 1.54) is 27.8 Å². The van der Waals surface area contributed by atoms with Crippen LogP contribution in [-0.4, -0.2) is 54.5 Å². The Morgan fingerprint density at radius 2 is 1.88 bits per heavy atom. The lowest BCUT2D eigenvalue weighted by molar-refractivity contribution is -0.131. The van der Waals surface area contributed by atoms with Crippen molar-refractivity contribution < 1.29 is 9.53 Å². The van der Waals surface area contributed by atoms with Gasteiger partial charge in [0.1, 0.15) is 6.10 Å². The number of amides is 1. The molecule has 2 heterocycles. The van der Waals surface area contributed by atoms with Gasteiger partial charge in [0, 0.05) is 39.1 Å². The number of carbonyl (C=O) groups excluding carboxylic acids is 1. The molecule has 1 fully saturated rings. The lowest BCUT2D eigenvalue weighted by Gasteiger charge is -2.36. The van der Waals surface area contributed by atoms with Crippen molar-refractivity contribution in [2.45, 2.75) is 52.8 Å². The Kier molecular flexibility index (Phi) is 7.65. The summed E-state index contributed by atoms with van der Waals surface area (Å²) in [6.45, 7) is 11.5. The van der Waals surface area contributed by atoms with Crippen LogP contribution in [0.2, 0.25) is 0 Å². The minimum atomic E-state index is 0.0431. The Labute approximate surface area is 197 Å². The number of nitrogens with zero attached hydrogens (tertiary/aromatic N) is 3. The summed E-state index contributed by atoms with van der Waals surface area (Å²) in [4.78, 5) is 21.8. The second-order valence-corrected chi connectivity index (χ2v) is 9.02. The zero-order chi connectivity index (χ0) is 23.2. The van der Waals surface area contributed by atoms with Crippen LogP contribution in [0.4, 0.5) is 0 Å². The Hall–Kier alpha value is -2.86. The second-order valence-electron chi connectivity index (χ2n) is 9.02. The number of guanidine groups is 1. The molecule has 1 amide bonds. The SMILES string of the molecule is CCNC(=NCCCC(=O)N1Cc2ccccc2C1)N1CCOC(c2ccc(C)cc2C)C1. The van der Waals surface area contributed by atoms with Crippen LogP contribution < -0.4 is 5.32 Å². The molecule has 1 saturated heterocycles. The molecule has 0 radical (unpaired) electrons. The lowest BCUT2D eigenvalue weighted by atomic mass is 10.00. The smallest absolute Gasteiger partial charge is 0.223 e. The van der Waals surface area contributed by atoms with Crippen LogP contribution in [0.1, 0.15) is 53.7 Å². The summed E-state index contributed by atoms with van der Waals surface area (Å²) in [7, 11) is 0. The summed E-state index contributed by atoms with van der Waals surface area (Å²) < 4.78 is 6.11. The number of morpholine rings is 1. The molecule has 1 atom stereocenters. The van der Waals surface area contributed by atoms with Gasteiger partial charge in [0.2, 0.25) is 5.91 Å². The fraction of sp³-hybridized carbons (Fsp3) is 0.481. The number of rotatable bonds is 6. The van der Waals surface area contributed by atoms with Gasteiger partial charge in [-0.3, -0.25) is 9.79 Å². The van der Waals surface area contributed by atoms with Crippen LogP contribution in [0.5, 0.6) is 0 Å². The molecule has 4 rings (SSSR count). The Morgan fingerprint density at radius 3 is 2.58 bits per heavy atom. The standard InChI is InChI=1S/C27H36N4O2/c1-4-28-27(30-14-15-33-25(19-30)24-12-11-20(2)16-21(24)3)29-13-7-10-26(32)31-17-22-8-5-6-9-23(22)18-31/h5-6,8-9,11-12,16,25H,4,7,10,13-15,17-19H2,1-3H3,(H,28,29). The normalized spacial score (nSPS) is 18.4. The summed E-state index contributed by atoms with van der Waals surface area (Å²) in [6.07, 6.45) is 1.33. The summed E-state index contributed by atoms with van der Waals surface area (Å²) in [5.74, 6) is 1.13. The molecule has 2 aromatic rings. The summed E-state index contributed by atoms with van der Waals surface area (Å²) in [6, 6.07) is 14.9. The van der Waals surface area contributed by atoms with E-state index in [2.05, 4.69) is 61.3 Å². The third-order valence-corrected chi connectivity index (χ3v) is 6.48. The largest absolute Gasteiger partial charge is 0.370 e. The summed E-state index contributed by atoms with van der Waals surface area (Å²) in [5, 5.41) is 3.43. The number of benzene rings is 2. The van der Waals surface area contributed by atoms with Gasteiger partial charge in [0.05, 0.1) is 13.2 Å². The van der Waals surface area contributed by atoms with E-state index in [-0.39, 0.29) is 12.0 Å². The summed E-state index contributed by atoms with van der Waals surface area (Å²) >= 11 is 0. The maximum absolute atomic E-state index is 12.7. The molecule has 6 nitrogen and oxygen atoms in total. The highest BCUT2D eigenvalue weighted by molar-refractivity contribution is 5.80. The van der Waals surface area contributed by atoms with Crippen LogP contribution >= 0.6 is 0 Å². The molecule has 1 unspecified atom stereocenters. The van der Waals surface area contributed by atoms with Gasteiger partial charge >= 0.3 is 0 Å². The van der Waals surface area contributed by atoms with Gasteiger partial charge in [0.25, 0.3) is 0 Å². The Bertz CT molecular complexity index is 978. The fourth-order valence-corrected chi connectivity index (χ4v) is 4.73. The highest BCUT2D eigenvalue weighted by atomic mass is 16.5. The van der Waals surface area contributed by atoms with Crippen molar-refractivity contribution in [1.82, 2.24) is 15.1 Å². The zero-order valence-electron chi connectivity index (χ0n) is 20.1. The first-order valence-electron chi connectivity index (χ1n) is 12.1. The predicted molar refractivity (Wildman–Crippen MR) is 132 cm³/mol. The van der Waals surface area contributed by atoms with Gasteiger partial charge in [0.15, 0.2) is 5.96 Å². The molecule has 33 heavy (non-hydrogen) atoms. The second kappa shape index (κ2) is 10.8. The number of aliphatic imine (C=N–C) groups is 1. The van der Waals surface area contributed by atoms with E-state index in [0.29, 0.717) is 19.6 Å². The van der Waals surface area contributed by atoms with Gasteiger partial charge in [-0.2, -0.15) is 0 Å². The van der Waals surface area contributed by atoms with Crippen molar-refractivity contribution in [3.8, 4) is 0 Å². The van der Waals surface area contributed by atoms with Gasteiger partial charge in [-0.15, -0.1) is 0 Å². The molecule has 0 aliphatic carbocycles. The number of fused-ring (bicyclic) bond motifs is 1. The minimum Gasteiger partial charge on any atom is -0.370 e. The van der Waals surface area contributed by atoms with Crippen molar-refractivity contribution in [2.75, 3.05) is 32.8 Å². The zero-order valence-corrected chi connectivity index (χ0v) is 20.1. The highest BCUT2D eigenvalue weighted by Crippen LogP contribution is 2.26. The quantitative estimate of drug-likeness (QED) is 0.413. The van der Waals surface area contributed by atoms with Crippen molar-refractivity contribution >= 4 is 11.9 Å². The lowest BCUT2D eigenvalue weighted by Crippen LogP contribution is -2.48. The van der Waals surface area contributed by atoms with Crippen LogP contribution in [0.25, 0.3) is 0 Å². The van der Waals surface area contributed by atoms with E-state index in [1.807, 2.05) is 17.0 Å². The average molecular weight is 449 g/mol. The first-order chi connectivity index (χ1) is 16.0. The summed E-state index contributed by atoms with van der Waals surface area (Å²) in [5.41, 5.74) is 6.32. The van der Waals surface area contributed by atoms with Gasteiger partial charge in [-0.05, 0) is 49.4 Å². The third-order valence-electron chi connectivity index (χ3n) is 6.48. The molecular weight excluding hydrogens is 412 g/mol.